The normalized spacial score (nSPS) is 12.1. The van der Waals surface area contributed by atoms with E-state index < -0.39 is 6.10 Å². The maximum Gasteiger partial charge on any atom is 0.224 e. The van der Waals surface area contributed by atoms with Crippen molar-refractivity contribution in [1.29, 1.82) is 0 Å². The number of hydrogen-bond donors (Lipinski definition) is 3. The Kier molecular flexibility index (Phi) is 5.59. The molecule has 1 amide bonds. The van der Waals surface area contributed by atoms with Crippen LogP contribution in [0.15, 0.2) is 66.7 Å². The van der Waals surface area contributed by atoms with E-state index in [1.807, 2.05) is 49.4 Å². The van der Waals surface area contributed by atoms with E-state index in [0.717, 1.165) is 11.1 Å². The number of amides is 1. The Morgan fingerprint density at radius 1 is 1.13 bits per heavy atom. The van der Waals surface area contributed by atoms with Crippen molar-refractivity contribution in [1.82, 2.24) is 9.97 Å². The highest BCUT2D eigenvalue weighted by molar-refractivity contribution is 5.92. The molecule has 0 radical (unpaired) electrons. The van der Waals surface area contributed by atoms with Crippen LogP contribution in [-0.4, -0.2) is 21.0 Å². The van der Waals surface area contributed by atoms with Crippen LogP contribution in [0.5, 0.6) is 0 Å². The monoisotopic (exact) mass is 403 g/mol. The topological polar surface area (TPSA) is 78.0 Å². The van der Waals surface area contributed by atoms with Crippen molar-refractivity contribution in [2.45, 2.75) is 25.9 Å². The highest BCUT2D eigenvalue weighted by atomic mass is 19.1. The molecule has 5 nitrogen and oxygen atoms in total. The second-order valence-corrected chi connectivity index (χ2v) is 7.30. The lowest BCUT2D eigenvalue weighted by Crippen LogP contribution is -2.15. The molecule has 1 unspecified atom stereocenters. The molecule has 4 rings (SSSR count). The summed E-state index contributed by atoms with van der Waals surface area (Å²) in [5, 5.41) is 13.7. The number of aromatic amines is 1. The van der Waals surface area contributed by atoms with Gasteiger partial charge in [-0.2, -0.15) is 0 Å². The number of aliphatic hydroxyl groups excluding tert-OH is 1. The zero-order valence-electron chi connectivity index (χ0n) is 16.5. The maximum absolute atomic E-state index is 13.3. The fraction of sp³-hybridized carbons (Fsp3) is 0.167. The van der Waals surface area contributed by atoms with Crippen LogP contribution in [0.2, 0.25) is 0 Å². The average molecular weight is 403 g/mol. The Morgan fingerprint density at radius 3 is 2.73 bits per heavy atom. The number of aryl methyl sites for hydroxylation is 2. The predicted octanol–water partition coefficient (Wildman–Crippen LogP) is 4.66. The standard InChI is InChI=1S/C24H22FN3O2/c1-15-7-9-19(18(13-15)24(30)16-5-3-2-4-6-16)28-23(29)12-11-22-26-20-10-8-17(25)14-21(20)27-22/h2-10,13-14,24,30H,11-12H2,1H3,(H,26,27)(H,28,29). The quantitative estimate of drug-likeness (QED) is 0.438. The van der Waals surface area contributed by atoms with E-state index in [1.165, 1.54) is 12.1 Å². The van der Waals surface area contributed by atoms with Crippen LogP contribution in [0.1, 0.15) is 35.0 Å². The minimum absolute atomic E-state index is 0.188. The zero-order chi connectivity index (χ0) is 21.1. The summed E-state index contributed by atoms with van der Waals surface area (Å²) in [5.74, 6) is 0.102. The van der Waals surface area contributed by atoms with Crippen LogP contribution in [0, 0.1) is 12.7 Å². The van der Waals surface area contributed by atoms with Gasteiger partial charge in [-0.15, -0.1) is 0 Å². The number of nitrogens with zero attached hydrogens (tertiary/aromatic N) is 1. The molecule has 0 saturated heterocycles. The third-order valence-corrected chi connectivity index (χ3v) is 4.97. The van der Waals surface area contributed by atoms with Gasteiger partial charge in [0.05, 0.1) is 11.0 Å². The third-order valence-electron chi connectivity index (χ3n) is 4.97. The number of H-pyrrole nitrogens is 1. The van der Waals surface area contributed by atoms with Crippen molar-refractivity contribution in [3.63, 3.8) is 0 Å². The summed E-state index contributed by atoms with van der Waals surface area (Å²) in [6.07, 6.45) is -0.242. The molecular formula is C24H22FN3O2. The second-order valence-electron chi connectivity index (χ2n) is 7.30. The molecule has 3 N–H and O–H groups in total. The molecule has 1 heterocycles. The first-order valence-corrected chi connectivity index (χ1v) is 9.77. The summed E-state index contributed by atoms with van der Waals surface area (Å²) < 4.78 is 13.3. The van der Waals surface area contributed by atoms with Crippen molar-refractivity contribution < 1.29 is 14.3 Å². The summed E-state index contributed by atoms with van der Waals surface area (Å²) >= 11 is 0. The Labute approximate surface area is 173 Å². The smallest absolute Gasteiger partial charge is 0.224 e. The molecule has 0 spiro atoms. The van der Waals surface area contributed by atoms with Gasteiger partial charge >= 0.3 is 0 Å². The number of halogens is 1. The third kappa shape index (κ3) is 4.39. The first kappa shape index (κ1) is 19.8. The highest BCUT2D eigenvalue weighted by Gasteiger charge is 2.17. The van der Waals surface area contributed by atoms with E-state index in [4.69, 9.17) is 0 Å². The van der Waals surface area contributed by atoms with Crippen molar-refractivity contribution in [2.75, 3.05) is 5.32 Å². The Morgan fingerprint density at radius 2 is 1.93 bits per heavy atom. The number of nitrogens with one attached hydrogen (secondary N) is 2. The van der Waals surface area contributed by atoms with Gasteiger partial charge in [0.2, 0.25) is 5.91 Å². The molecular weight excluding hydrogens is 381 g/mol. The number of anilines is 1. The highest BCUT2D eigenvalue weighted by Crippen LogP contribution is 2.29. The van der Waals surface area contributed by atoms with Crippen LogP contribution in [-0.2, 0) is 11.2 Å². The number of carbonyl (C=O) groups excluding carboxylic acids is 1. The summed E-state index contributed by atoms with van der Waals surface area (Å²) in [5.41, 5.74) is 4.25. The Bertz CT molecular complexity index is 1190. The molecule has 4 aromatic rings. The van der Waals surface area contributed by atoms with Gasteiger partial charge in [0.1, 0.15) is 17.7 Å². The van der Waals surface area contributed by atoms with Crippen molar-refractivity contribution in [2.24, 2.45) is 0 Å². The molecule has 0 fully saturated rings. The van der Waals surface area contributed by atoms with Crippen molar-refractivity contribution in [3.05, 3.63) is 95.1 Å². The van der Waals surface area contributed by atoms with Crippen molar-refractivity contribution >= 4 is 22.6 Å². The minimum atomic E-state index is -0.841. The number of carbonyl (C=O) groups is 1. The van der Waals surface area contributed by atoms with Gasteiger partial charge in [-0.1, -0.05) is 48.0 Å². The number of aliphatic hydroxyl groups is 1. The lowest BCUT2D eigenvalue weighted by atomic mass is 9.98. The fourth-order valence-corrected chi connectivity index (χ4v) is 3.43. The largest absolute Gasteiger partial charge is 0.384 e. The zero-order valence-corrected chi connectivity index (χ0v) is 16.5. The molecule has 0 aliphatic rings. The molecule has 152 valence electrons. The van der Waals surface area contributed by atoms with E-state index in [9.17, 15) is 14.3 Å². The summed E-state index contributed by atoms with van der Waals surface area (Å²) in [4.78, 5) is 20.0. The van der Waals surface area contributed by atoms with E-state index in [1.54, 1.807) is 12.1 Å². The van der Waals surface area contributed by atoms with Gasteiger partial charge in [0.15, 0.2) is 0 Å². The van der Waals surface area contributed by atoms with Crippen LogP contribution in [0.4, 0.5) is 10.1 Å². The van der Waals surface area contributed by atoms with Crippen molar-refractivity contribution in [3.8, 4) is 0 Å². The molecule has 0 bridgehead atoms. The summed E-state index contributed by atoms with van der Waals surface area (Å²) in [6.45, 7) is 1.94. The molecule has 0 saturated carbocycles. The minimum Gasteiger partial charge on any atom is -0.384 e. The number of imidazole rings is 1. The second kappa shape index (κ2) is 8.47. The number of hydrogen-bond acceptors (Lipinski definition) is 3. The van der Waals surface area contributed by atoms with Crippen LogP contribution in [0.25, 0.3) is 11.0 Å². The fourth-order valence-electron chi connectivity index (χ4n) is 3.43. The lowest BCUT2D eigenvalue weighted by molar-refractivity contribution is -0.116. The van der Waals surface area contributed by atoms with Crippen LogP contribution >= 0.6 is 0 Å². The van der Waals surface area contributed by atoms with Gasteiger partial charge in [0, 0.05) is 24.1 Å². The van der Waals surface area contributed by atoms with Gasteiger partial charge in [0.25, 0.3) is 0 Å². The SMILES string of the molecule is Cc1ccc(NC(=O)CCc2nc3ccc(F)cc3[nH]2)c(C(O)c2ccccc2)c1. The van der Waals surface area contributed by atoms with Gasteiger partial charge in [-0.25, -0.2) is 9.37 Å². The maximum atomic E-state index is 13.3. The van der Waals surface area contributed by atoms with E-state index in [0.29, 0.717) is 34.5 Å². The molecule has 0 aliphatic heterocycles. The van der Waals surface area contributed by atoms with Gasteiger partial charge in [-0.3, -0.25) is 4.79 Å². The Hall–Kier alpha value is -3.51. The average Bonchev–Trinajstić information content (AvgIpc) is 3.15. The number of aromatic nitrogens is 2. The van der Waals surface area contributed by atoms with E-state index in [2.05, 4.69) is 15.3 Å². The molecule has 30 heavy (non-hydrogen) atoms. The predicted molar refractivity (Wildman–Crippen MR) is 115 cm³/mol. The molecule has 6 heteroatoms. The van der Waals surface area contributed by atoms with Crippen LogP contribution < -0.4 is 5.32 Å². The number of benzene rings is 3. The van der Waals surface area contributed by atoms with Gasteiger partial charge < -0.3 is 15.4 Å². The number of rotatable bonds is 6. The summed E-state index contributed by atoms with van der Waals surface area (Å²) in [7, 11) is 0. The summed E-state index contributed by atoms with van der Waals surface area (Å²) in [6, 6.07) is 19.2. The van der Waals surface area contributed by atoms with Gasteiger partial charge in [-0.05, 0) is 36.8 Å². The van der Waals surface area contributed by atoms with Crippen LogP contribution in [0.3, 0.4) is 0 Å². The molecule has 1 aromatic heterocycles. The number of fused-ring (bicyclic) bond motifs is 1. The van der Waals surface area contributed by atoms with E-state index in [-0.39, 0.29) is 18.1 Å². The first-order chi connectivity index (χ1) is 14.5. The molecule has 1 atom stereocenters. The van der Waals surface area contributed by atoms with E-state index >= 15 is 0 Å². The first-order valence-electron chi connectivity index (χ1n) is 9.77. The lowest BCUT2D eigenvalue weighted by Gasteiger charge is -2.17. The molecule has 3 aromatic carbocycles. The Balaban J connectivity index is 1.47. The molecule has 0 aliphatic carbocycles.